The summed E-state index contributed by atoms with van der Waals surface area (Å²) in [6, 6.07) is 6.87. The smallest absolute Gasteiger partial charge is 0.351 e. The molecule has 0 bridgehead atoms. The molecule has 1 aromatic rings. The Hall–Kier alpha value is -1.84. The maximum Gasteiger partial charge on any atom is 0.351 e. The second kappa shape index (κ2) is 12.7. The van der Waals surface area contributed by atoms with Gasteiger partial charge >= 0.3 is 17.9 Å². The van der Waals surface area contributed by atoms with Crippen LogP contribution in [0.2, 0.25) is 0 Å². The minimum absolute atomic E-state index is 0.0147. The van der Waals surface area contributed by atoms with Crippen molar-refractivity contribution in [2.45, 2.75) is 31.6 Å². The summed E-state index contributed by atoms with van der Waals surface area (Å²) in [4.78, 5) is 36.7. The van der Waals surface area contributed by atoms with Crippen molar-refractivity contribution >= 4 is 45.6 Å². The third-order valence-electron chi connectivity index (χ3n) is 3.60. The number of thioether (sulfide) groups is 1. The number of hydrogen-bond donors (Lipinski definition) is 1. The SMILES string of the molecule is CCOC(=O)/C=C/CSC(c1cccc(Br)c1)C(O)(C(=O)OCC)C(=O)OCC. The summed E-state index contributed by atoms with van der Waals surface area (Å²) in [6.07, 6.45) is 2.78. The molecule has 1 unspecified atom stereocenters. The second-order valence-electron chi connectivity index (χ2n) is 5.63. The molecule has 0 aliphatic rings. The van der Waals surface area contributed by atoms with E-state index in [0.717, 1.165) is 11.8 Å². The molecule has 0 spiro atoms. The van der Waals surface area contributed by atoms with Crippen LogP contribution in [0, 0.1) is 0 Å². The molecule has 7 nitrogen and oxygen atoms in total. The van der Waals surface area contributed by atoms with Gasteiger partial charge in [0, 0.05) is 16.3 Å². The fourth-order valence-electron chi connectivity index (χ4n) is 2.39. The van der Waals surface area contributed by atoms with Crippen LogP contribution in [-0.2, 0) is 28.6 Å². The molecule has 1 rings (SSSR count). The van der Waals surface area contributed by atoms with Crippen molar-refractivity contribution < 1.29 is 33.7 Å². The minimum atomic E-state index is -2.56. The molecule has 9 heteroatoms. The molecule has 0 aliphatic carbocycles. The topological polar surface area (TPSA) is 99.1 Å². The molecule has 1 atom stereocenters. The zero-order valence-corrected chi connectivity index (χ0v) is 19.0. The Labute approximate surface area is 182 Å². The van der Waals surface area contributed by atoms with Crippen molar-refractivity contribution in [1.29, 1.82) is 0 Å². The van der Waals surface area contributed by atoms with E-state index >= 15 is 0 Å². The lowest BCUT2D eigenvalue weighted by molar-refractivity contribution is -0.183. The summed E-state index contributed by atoms with van der Waals surface area (Å²) in [5.74, 6) is -2.47. The number of carbonyl (C=O) groups excluding carboxylic acids is 3. The summed E-state index contributed by atoms with van der Waals surface area (Å²) in [5.41, 5.74) is -2.05. The van der Waals surface area contributed by atoms with Crippen molar-refractivity contribution in [3.05, 3.63) is 46.5 Å². The standard InChI is InChI=1S/C20H25BrO7S/c1-4-26-16(22)11-8-12-29-17(14-9-7-10-15(21)13-14)20(25,18(23)27-5-2)19(24)28-6-3/h7-11,13,17,25H,4-6,12H2,1-3H3/b11-8+. The van der Waals surface area contributed by atoms with E-state index in [-0.39, 0.29) is 25.6 Å². The van der Waals surface area contributed by atoms with E-state index in [0.29, 0.717) is 10.0 Å². The van der Waals surface area contributed by atoms with Crippen LogP contribution in [0.25, 0.3) is 0 Å². The van der Waals surface area contributed by atoms with E-state index in [1.54, 1.807) is 45.0 Å². The van der Waals surface area contributed by atoms with Gasteiger partial charge < -0.3 is 19.3 Å². The first-order chi connectivity index (χ1) is 13.8. The van der Waals surface area contributed by atoms with Crippen molar-refractivity contribution in [2.75, 3.05) is 25.6 Å². The van der Waals surface area contributed by atoms with Gasteiger partial charge in [0.15, 0.2) is 0 Å². The minimum Gasteiger partial charge on any atom is -0.463 e. The number of ether oxygens (including phenoxy) is 3. The van der Waals surface area contributed by atoms with Crippen LogP contribution in [-0.4, -0.2) is 54.2 Å². The van der Waals surface area contributed by atoms with Crippen molar-refractivity contribution in [1.82, 2.24) is 0 Å². The number of benzene rings is 1. The number of carbonyl (C=O) groups is 3. The van der Waals surface area contributed by atoms with Crippen LogP contribution in [0.5, 0.6) is 0 Å². The van der Waals surface area contributed by atoms with Gasteiger partial charge in [-0.2, -0.15) is 0 Å². The highest BCUT2D eigenvalue weighted by molar-refractivity contribution is 9.10. The lowest BCUT2D eigenvalue weighted by Crippen LogP contribution is -2.52. The Bertz CT molecular complexity index is 717. The Kier molecular flexibility index (Phi) is 11.0. The second-order valence-corrected chi connectivity index (χ2v) is 7.68. The highest BCUT2D eigenvalue weighted by Crippen LogP contribution is 2.41. The fraction of sp³-hybridized carbons (Fsp3) is 0.450. The van der Waals surface area contributed by atoms with E-state index in [4.69, 9.17) is 14.2 Å². The largest absolute Gasteiger partial charge is 0.463 e. The summed E-state index contributed by atoms with van der Waals surface area (Å²) >= 11 is 4.44. The first-order valence-electron chi connectivity index (χ1n) is 9.08. The molecule has 0 saturated heterocycles. The van der Waals surface area contributed by atoms with Crippen LogP contribution < -0.4 is 0 Å². The van der Waals surface area contributed by atoms with E-state index in [1.165, 1.54) is 12.2 Å². The zero-order valence-electron chi connectivity index (χ0n) is 16.6. The van der Waals surface area contributed by atoms with E-state index in [1.807, 2.05) is 0 Å². The molecule has 1 N–H and O–H groups in total. The number of rotatable bonds is 11. The molecule has 0 saturated carbocycles. The van der Waals surface area contributed by atoms with Gasteiger partial charge in [-0.1, -0.05) is 34.1 Å². The first kappa shape index (κ1) is 25.2. The molecule has 29 heavy (non-hydrogen) atoms. The lowest BCUT2D eigenvalue weighted by Gasteiger charge is -2.31. The maximum atomic E-state index is 12.6. The van der Waals surface area contributed by atoms with Gasteiger partial charge in [-0.15, -0.1) is 11.8 Å². The Morgan fingerprint density at radius 2 is 1.69 bits per heavy atom. The van der Waals surface area contributed by atoms with Crippen LogP contribution in [0.4, 0.5) is 0 Å². The molecule has 1 aromatic carbocycles. The molecular weight excluding hydrogens is 464 g/mol. The van der Waals surface area contributed by atoms with E-state index in [2.05, 4.69) is 15.9 Å². The highest BCUT2D eigenvalue weighted by Gasteiger charge is 2.54. The number of esters is 3. The molecule has 160 valence electrons. The first-order valence-corrected chi connectivity index (χ1v) is 10.9. The molecule has 0 amide bonds. The molecular formula is C20H25BrO7S. The third-order valence-corrected chi connectivity index (χ3v) is 5.43. The molecule has 0 radical (unpaired) electrons. The van der Waals surface area contributed by atoms with Gasteiger partial charge in [-0.25, -0.2) is 14.4 Å². The average molecular weight is 489 g/mol. The van der Waals surface area contributed by atoms with Crippen LogP contribution in [0.3, 0.4) is 0 Å². The normalized spacial score (nSPS) is 12.4. The summed E-state index contributed by atoms with van der Waals surface area (Å²) < 4.78 is 15.5. The average Bonchev–Trinajstić information content (AvgIpc) is 2.68. The zero-order chi connectivity index (χ0) is 21.9. The monoisotopic (exact) mass is 488 g/mol. The fourth-order valence-corrected chi connectivity index (χ4v) is 3.98. The Morgan fingerprint density at radius 1 is 1.10 bits per heavy atom. The van der Waals surface area contributed by atoms with Crippen molar-refractivity contribution in [3.8, 4) is 0 Å². The summed E-state index contributed by atoms with van der Waals surface area (Å²) in [6.45, 7) is 5.07. The Balaban J connectivity index is 3.28. The lowest BCUT2D eigenvalue weighted by atomic mass is 9.93. The van der Waals surface area contributed by atoms with Gasteiger partial charge in [0.1, 0.15) is 0 Å². The van der Waals surface area contributed by atoms with Gasteiger partial charge in [0.25, 0.3) is 5.60 Å². The number of halogens is 1. The molecule has 0 aromatic heterocycles. The summed E-state index contributed by atoms with van der Waals surface area (Å²) in [5, 5.41) is 10.2. The maximum absolute atomic E-state index is 12.6. The Morgan fingerprint density at radius 3 is 2.21 bits per heavy atom. The predicted octanol–water partition coefficient (Wildman–Crippen LogP) is 3.20. The number of aliphatic hydroxyl groups is 1. The van der Waals surface area contributed by atoms with Crippen molar-refractivity contribution in [3.63, 3.8) is 0 Å². The van der Waals surface area contributed by atoms with Crippen molar-refractivity contribution in [2.24, 2.45) is 0 Å². The van der Waals surface area contributed by atoms with Gasteiger partial charge in [0.2, 0.25) is 0 Å². The van der Waals surface area contributed by atoms with Crippen LogP contribution in [0.15, 0.2) is 40.9 Å². The number of hydrogen-bond acceptors (Lipinski definition) is 8. The quantitative estimate of drug-likeness (QED) is 0.219. The van der Waals surface area contributed by atoms with Crippen LogP contribution in [0.1, 0.15) is 31.6 Å². The molecule has 0 aliphatic heterocycles. The predicted molar refractivity (Wildman–Crippen MR) is 113 cm³/mol. The molecule has 0 fully saturated rings. The highest BCUT2D eigenvalue weighted by atomic mass is 79.9. The van der Waals surface area contributed by atoms with E-state index in [9.17, 15) is 19.5 Å². The van der Waals surface area contributed by atoms with E-state index < -0.39 is 28.8 Å². The van der Waals surface area contributed by atoms with Gasteiger partial charge in [-0.05, 0) is 38.5 Å². The third kappa shape index (κ3) is 7.17. The van der Waals surface area contributed by atoms with Gasteiger partial charge in [-0.3, -0.25) is 0 Å². The molecule has 0 heterocycles. The van der Waals surface area contributed by atoms with Gasteiger partial charge in [0.05, 0.1) is 25.1 Å². The van der Waals surface area contributed by atoms with Crippen LogP contribution >= 0.6 is 27.7 Å². The summed E-state index contributed by atoms with van der Waals surface area (Å²) in [7, 11) is 0.